The first-order valence-corrected chi connectivity index (χ1v) is 17.6. The lowest BCUT2D eigenvalue weighted by Gasteiger charge is -2.25. The zero-order chi connectivity index (χ0) is 27.4. The van der Waals surface area contributed by atoms with Crippen LogP contribution in [-0.4, -0.2) is 13.1 Å². The van der Waals surface area contributed by atoms with Gasteiger partial charge in [0, 0.05) is 18.8 Å². The quantitative estimate of drug-likeness (QED) is 0.0936. The first kappa shape index (κ1) is 35.0. The maximum absolute atomic E-state index is 2.68. The summed E-state index contributed by atoms with van der Waals surface area (Å²) in [6.45, 7) is 9.28. The van der Waals surface area contributed by atoms with Gasteiger partial charge in [0.2, 0.25) is 0 Å². The fourth-order valence-corrected chi connectivity index (χ4v) is 5.77. The van der Waals surface area contributed by atoms with Crippen LogP contribution in [-0.2, 0) is 0 Å². The molecule has 0 aromatic heterocycles. The van der Waals surface area contributed by atoms with E-state index in [4.69, 9.17) is 0 Å². The molecule has 0 unspecified atom stereocenters. The third-order valence-electron chi connectivity index (χ3n) is 8.46. The minimum atomic E-state index is 1.24. The Morgan fingerprint density at radius 1 is 0.368 bits per heavy atom. The van der Waals surface area contributed by atoms with E-state index >= 15 is 0 Å². The van der Waals surface area contributed by atoms with Gasteiger partial charge in [-0.2, -0.15) is 0 Å². The third kappa shape index (κ3) is 21.9. The van der Waals surface area contributed by atoms with E-state index in [1.54, 1.807) is 0 Å². The van der Waals surface area contributed by atoms with Crippen molar-refractivity contribution in [1.82, 2.24) is 0 Å². The Bertz CT molecular complexity index is 577. The Morgan fingerprint density at radius 3 is 0.921 bits per heavy atom. The molecular weight excluding hydrogens is 458 g/mol. The fraction of sp³-hybridized carbons (Fsp3) is 0.838. The molecule has 38 heavy (non-hydrogen) atoms. The van der Waals surface area contributed by atoms with Crippen molar-refractivity contribution in [3.8, 4) is 0 Å². The van der Waals surface area contributed by atoms with E-state index in [1.807, 2.05) is 0 Å². The van der Waals surface area contributed by atoms with Gasteiger partial charge in [-0.05, 0) is 31.9 Å². The van der Waals surface area contributed by atoms with E-state index in [2.05, 4.69) is 49.9 Å². The second-order valence-electron chi connectivity index (χ2n) is 12.3. The smallest absolute Gasteiger partial charge is 0.0366 e. The molecular formula is C37H69N. The van der Waals surface area contributed by atoms with Gasteiger partial charge in [0.1, 0.15) is 0 Å². The highest BCUT2D eigenvalue weighted by Gasteiger charge is 2.06. The highest BCUT2D eigenvalue weighted by molar-refractivity contribution is 5.47. The van der Waals surface area contributed by atoms with Gasteiger partial charge in [0.25, 0.3) is 0 Å². The highest BCUT2D eigenvalue weighted by atomic mass is 15.1. The van der Waals surface area contributed by atoms with Crippen molar-refractivity contribution in [2.45, 2.75) is 188 Å². The lowest BCUT2D eigenvalue weighted by atomic mass is 10.0. The molecule has 1 aromatic rings. The molecule has 0 bridgehead atoms. The number of benzene rings is 1. The van der Waals surface area contributed by atoms with Crippen LogP contribution in [0.5, 0.6) is 0 Å². The van der Waals surface area contributed by atoms with Crippen molar-refractivity contribution in [1.29, 1.82) is 0 Å². The van der Waals surface area contributed by atoms with Crippen molar-refractivity contribution in [3.05, 3.63) is 29.8 Å². The average Bonchev–Trinajstić information content (AvgIpc) is 2.93. The van der Waals surface area contributed by atoms with E-state index in [0.29, 0.717) is 0 Å². The van der Waals surface area contributed by atoms with Gasteiger partial charge in [-0.25, -0.2) is 0 Å². The van der Waals surface area contributed by atoms with Crippen LogP contribution >= 0.6 is 0 Å². The molecule has 0 amide bonds. The molecule has 0 aliphatic rings. The Labute approximate surface area is 241 Å². The molecule has 0 saturated heterocycles. The molecule has 0 spiro atoms. The number of rotatable bonds is 29. The second kappa shape index (κ2) is 27.6. The Morgan fingerprint density at radius 2 is 0.632 bits per heavy atom. The average molecular weight is 528 g/mol. The summed E-state index contributed by atoms with van der Waals surface area (Å²) in [7, 11) is 0. The zero-order valence-corrected chi connectivity index (χ0v) is 26.6. The Hall–Kier alpha value is -0.980. The molecule has 0 N–H and O–H groups in total. The summed E-state index contributed by atoms with van der Waals surface area (Å²) < 4.78 is 0. The van der Waals surface area contributed by atoms with Gasteiger partial charge >= 0.3 is 0 Å². The van der Waals surface area contributed by atoms with Gasteiger partial charge in [0.15, 0.2) is 0 Å². The molecule has 0 aliphatic carbocycles. The van der Waals surface area contributed by atoms with Gasteiger partial charge < -0.3 is 4.90 Å². The molecule has 0 atom stereocenters. The lowest BCUT2D eigenvalue weighted by Crippen LogP contribution is -2.25. The summed E-state index contributed by atoms with van der Waals surface area (Å²) in [5, 5.41) is 0. The van der Waals surface area contributed by atoms with Crippen LogP contribution in [0, 0.1) is 6.92 Å². The summed E-state index contributed by atoms with van der Waals surface area (Å²) in [6, 6.07) is 9.27. The maximum Gasteiger partial charge on any atom is 0.0366 e. The Balaban J connectivity index is 2.07. The van der Waals surface area contributed by atoms with Crippen LogP contribution in [0.2, 0.25) is 0 Å². The molecule has 1 rings (SSSR count). The number of hydrogen-bond donors (Lipinski definition) is 0. The summed E-state index contributed by atoms with van der Waals surface area (Å²) >= 11 is 0. The van der Waals surface area contributed by atoms with Crippen LogP contribution < -0.4 is 4.90 Å². The molecule has 1 nitrogen and oxygen atoms in total. The van der Waals surface area contributed by atoms with Crippen LogP contribution in [0.15, 0.2) is 24.3 Å². The van der Waals surface area contributed by atoms with E-state index in [-0.39, 0.29) is 0 Å². The Kier molecular flexibility index (Phi) is 25.4. The molecule has 0 radical (unpaired) electrons. The molecule has 0 fully saturated rings. The standard InChI is InChI=1S/C37H69N/c1-4-6-8-10-12-14-16-18-19-21-23-25-27-29-35-38(37-32-30-36(3)31-33-37)34-28-26-24-22-20-17-15-13-11-9-7-5-2/h30-33H,4-29,34-35H2,1-3H3. The first-order valence-electron chi connectivity index (χ1n) is 17.6. The van der Waals surface area contributed by atoms with Gasteiger partial charge in [-0.3, -0.25) is 0 Å². The van der Waals surface area contributed by atoms with Crippen LogP contribution in [0.3, 0.4) is 0 Å². The number of unbranched alkanes of at least 4 members (excludes halogenated alkanes) is 24. The predicted molar refractivity (Wildman–Crippen MR) is 175 cm³/mol. The molecule has 0 heterocycles. The molecule has 0 saturated carbocycles. The largest absolute Gasteiger partial charge is 0.372 e. The van der Waals surface area contributed by atoms with Gasteiger partial charge in [-0.1, -0.05) is 186 Å². The number of aryl methyl sites for hydroxylation is 1. The number of hydrogen-bond acceptors (Lipinski definition) is 1. The molecule has 222 valence electrons. The predicted octanol–water partition coefficient (Wildman–Crippen LogP) is 13.0. The van der Waals surface area contributed by atoms with Crippen LogP contribution in [0.4, 0.5) is 5.69 Å². The lowest BCUT2D eigenvalue weighted by molar-refractivity contribution is 0.531. The van der Waals surface area contributed by atoms with E-state index in [1.165, 1.54) is 191 Å². The second-order valence-corrected chi connectivity index (χ2v) is 12.3. The van der Waals surface area contributed by atoms with Crippen molar-refractivity contribution in [2.75, 3.05) is 18.0 Å². The van der Waals surface area contributed by atoms with Crippen LogP contribution in [0.1, 0.15) is 186 Å². The highest BCUT2D eigenvalue weighted by Crippen LogP contribution is 2.19. The maximum atomic E-state index is 2.68. The summed E-state index contributed by atoms with van der Waals surface area (Å²) in [4.78, 5) is 2.68. The monoisotopic (exact) mass is 528 g/mol. The molecule has 1 heteroatoms. The van der Waals surface area contributed by atoms with Crippen molar-refractivity contribution >= 4 is 5.69 Å². The topological polar surface area (TPSA) is 3.24 Å². The molecule has 0 aliphatic heterocycles. The normalized spacial score (nSPS) is 11.3. The number of nitrogens with zero attached hydrogens (tertiary/aromatic N) is 1. The summed E-state index contributed by atoms with van der Waals surface area (Å²) in [5.41, 5.74) is 2.81. The number of anilines is 1. The first-order chi connectivity index (χ1) is 18.8. The fourth-order valence-electron chi connectivity index (χ4n) is 5.77. The van der Waals surface area contributed by atoms with Crippen molar-refractivity contribution in [2.24, 2.45) is 0 Å². The SMILES string of the molecule is CCCCCCCCCCCCCCCCN(CCCCCCCCCCCCCC)c1ccc(C)cc1. The summed E-state index contributed by atoms with van der Waals surface area (Å²) in [6.07, 6.45) is 37.3. The van der Waals surface area contributed by atoms with Gasteiger partial charge in [-0.15, -0.1) is 0 Å². The van der Waals surface area contributed by atoms with Crippen molar-refractivity contribution < 1.29 is 0 Å². The van der Waals surface area contributed by atoms with E-state index in [9.17, 15) is 0 Å². The minimum absolute atomic E-state index is 1.24. The van der Waals surface area contributed by atoms with E-state index in [0.717, 1.165) is 0 Å². The zero-order valence-electron chi connectivity index (χ0n) is 26.6. The van der Waals surface area contributed by atoms with Crippen molar-refractivity contribution in [3.63, 3.8) is 0 Å². The van der Waals surface area contributed by atoms with Crippen LogP contribution in [0.25, 0.3) is 0 Å². The van der Waals surface area contributed by atoms with Gasteiger partial charge in [0.05, 0.1) is 0 Å². The summed E-state index contributed by atoms with van der Waals surface area (Å²) in [5.74, 6) is 0. The molecule has 1 aromatic carbocycles. The minimum Gasteiger partial charge on any atom is -0.372 e. The van der Waals surface area contributed by atoms with E-state index < -0.39 is 0 Å². The third-order valence-corrected chi connectivity index (χ3v) is 8.46.